The fourth-order valence-corrected chi connectivity index (χ4v) is 1.17. The Hall–Kier alpha value is -2.37. The number of pyridine rings is 1. The Labute approximate surface area is 85.5 Å². The standard InChI is InChI=1S/C9H9N5O/c10-7-2-1-3-12-9(7)14-5-6(4-13-14)8(11)15/h1-5H,10H2,(H2,11,15). The summed E-state index contributed by atoms with van der Waals surface area (Å²) in [4.78, 5) is 14.9. The summed E-state index contributed by atoms with van der Waals surface area (Å²) in [6.45, 7) is 0. The molecule has 0 fully saturated rings. The summed E-state index contributed by atoms with van der Waals surface area (Å²) in [7, 11) is 0. The van der Waals surface area contributed by atoms with Gasteiger partial charge in [-0.2, -0.15) is 5.10 Å². The van der Waals surface area contributed by atoms with E-state index < -0.39 is 5.91 Å². The van der Waals surface area contributed by atoms with E-state index in [1.807, 2.05) is 0 Å². The Morgan fingerprint density at radius 2 is 2.27 bits per heavy atom. The molecule has 6 nitrogen and oxygen atoms in total. The first-order valence-corrected chi connectivity index (χ1v) is 4.24. The van der Waals surface area contributed by atoms with Gasteiger partial charge < -0.3 is 11.5 Å². The lowest BCUT2D eigenvalue weighted by molar-refractivity contribution is 0.100. The number of carbonyl (C=O) groups is 1. The number of primary amides is 1. The van der Waals surface area contributed by atoms with E-state index in [0.717, 1.165) is 0 Å². The third-order valence-electron chi connectivity index (χ3n) is 1.90. The van der Waals surface area contributed by atoms with E-state index in [1.165, 1.54) is 17.1 Å². The monoisotopic (exact) mass is 203 g/mol. The highest BCUT2D eigenvalue weighted by Gasteiger charge is 2.07. The van der Waals surface area contributed by atoms with Crippen molar-refractivity contribution < 1.29 is 4.79 Å². The van der Waals surface area contributed by atoms with Gasteiger partial charge >= 0.3 is 0 Å². The predicted octanol–water partition coefficient (Wildman–Crippen LogP) is -0.0516. The number of nitrogen functional groups attached to an aromatic ring is 1. The number of hydrogen-bond acceptors (Lipinski definition) is 4. The van der Waals surface area contributed by atoms with Crippen molar-refractivity contribution >= 4 is 11.6 Å². The van der Waals surface area contributed by atoms with Crippen molar-refractivity contribution in [3.05, 3.63) is 36.3 Å². The van der Waals surface area contributed by atoms with Crippen molar-refractivity contribution in [2.75, 3.05) is 5.73 Å². The lowest BCUT2D eigenvalue weighted by Crippen LogP contribution is -2.09. The summed E-state index contributed by atoms with van der Waals surface area (Å²) >= 11 is 0. The molecule has 0 radical (unpaired) electrons. The first kappa shape index (κ1) is 9.20. The SMILES string of the molecule is NC(=O)c1cnn(-c2ncccc2N)c1. The van der Waals surface area contributed by atoms with Crippen LogP contribution in [-0.2, 0) is 0 Å². The van der Waals surface area contributed by atoms with E-state index in [4.69, 9.17) is 11.5 Å². The van der Waals surface area contributed by atoms with Crippen LogP contribution in [0, 0.1) is 0 Å². The summed E-state index contributed by atoms with van der Waals surface area (Å²) in [6, 6.07) is 3.42. The van der Waals surface area contributed by atoms with Crippen LogP contribution < -0.4 is 11.5 Å². The van der Waals surface area contributed by atoms with E-state index in [-0.39, 0.29) is 0 Å². The maximum atomic E-state index is 10.8. The highest BCUT2D eigenvalue weighted by molar-refractivity contribution is 5.92. The minimum atomic E-state index is -0.532. The van der Waals surface area contributed by atoms with Crippen LogP contribution in [0.3, 0.4) is 0 Å². The predicted molar refractivity (Wildman–Crippen MR) is 54.3 cm³/mol. The summed E-state index contributed by atoms with van der Waals surface area (Å²) in [5.41, 5.74) is 11.6. The topological polar surface area (TPSA) is 99.8 Å². The molecule has 6 heteroatoms. The van der Waals surface area contributed by atoms with Crippen molar-refractivity contribution in [3.63, 3.8) is 0 Å². The molecular formula is C9H9N5O. The molecule has 1 amide bonds. The normalized spacial score (nSPS) is 10.1. The van der Waals surface area contributed by atoms with Crippen LogP contribution in [0.25, 0.3) is 5.82 Å². The molecule has 0 aromatic carbocycles. The lowest BCUT2D eigenvalue weighted by atomic mass is 10.3. The van der Waals surface area contributed by atoms with Crippen LogP contribution >= 0.6 is 0 Å². The van der Waals surface area contributed by atoms with Gasteiger partial charge in [0, 0.05) is 12.4 Å². The molecule has 0 atom stereocenters. The van der Waals surface area contributed by atoms with Crippen LogP contribution in [0.2, 0.25) is 0 Å². The number of aromatic nitrogens is 3. The molecule has 0 aliphatic heterocycles. The summed E-state index contributed by atoms with van der Waals surface area (Å²) in [5, 5.41) is 3.94. The molecule has 15 heavy (non-hydrogen) atoms. The molecule has 0 saturated carbocycles. The van der Waals surface area contributed by atoms with Gasteiger partial charge in [0.25, 0.3) is 5.91 Å². The second kappa shape index (κ2) is 3.41. The van der Waals surface area contributed by atoms with Crippen LogP contribution in [0.5, 0.6) is 0 Å². The van der Waals surface area contributed by atoms with Crippen LogP contribution in [0.4, 0.5) is 5.69 Å². The molecule has 0 saturated heterocycles. The Morgan fingerprint density at radius 3 is 2.87 bits per heavy atom. The third kappa shape index (κ3) is 1.64. The van der Waals surface area contributed by atoms with Crippen molar-refractivity contribution in [1.82, 2.24) is 14.8 Å². The Balaban J connectivity index is 2.46. The maximum absolute atomic E-state index is 10.8. The van der Waals surface area contributed by atoms with E-state index in [2.05, 4.69) is 10.1 Å². The molecule has 4 N–H and O–H groups in total. The minimum Gasteiger partial charge on any atom is -0.396 e. The highest BCUT2D eigenvalue weighted by atomic mass is 16.1. The Morgan fingerprint density at radius 1 is 1.47 bits per heavy atom. The van der Waals surface area contributed by atoms with Crippen molar-refractivity contribution in [2.24, 2.45) is 5.73 Å². The van der Waals surface area contributed by atoms with Crippen molar-refractivity contribution in [3.8, 4) is 5.82 Å². The number of anilines is 1. The Bertz CT molecular complexity index is 505. The van der Waals surface area contributed by atoms with E-state index in [0.29, 0.717) is 17.1 Å². The highest BCUT2D eigenvalue weighted by Crippen LogP contribution is 2.12. The van der Waals surface area contributed by atoms with Gasteiger partial charge in [-0.25, -0.2) is 9.67 Å². The number of nitrogens with two attached hydrogens (primary N) is 2. The lowest BCUT2D eigenvalue weighted by Gasteiger charge is -2.02. The third-order valence-corrected chi connectivity index (χ3v) is 1.90. The van der Waals surface area contributed by atoms with Gasteiger partial charge in [-0.1, -0.05) is 0 Å². The molecule has 2 heterocycles. The van der Waals surface area contributed by atoms with E-state index >= 15 is 0 Å². The number of rotatable bonds is 2. The smallest absolute Gasteiger partial charge is 0.251 e. The zero-order valence-corrected chi connectivity index (χ0v) is 7.79. The average molecular weight is 203 g/mol. The fraction of sp³-hybridized carbons (Fsp3) is 0. The van der Waals surface area contributed by atoms with Crippen LogP contribution in [0.1, 0.15) is 10.4 Å². The zero-order chi connectivity index (χ0) is 10.8. The van der Waals surface area contributed by atoms with Gasteiger partial charge in [0.15, 0.2) is 5.82 Å². The summed E-state index contributed by atoms with van der Waals surface area (Å²) in [5.74, 6) is -0.0549. The number of nitrogens with zero attached hydrogens (tertiary/aromatic N) is 3. The van der Waals surface area contributed by atoms with Gasteiger partial charge in [-0.05, 0) is 12.1 Å². The molecule has 0 spiro atoms. The van der Waals surface area contributed by atoms with Gasteiger partial charge in [-0.3, -0.25) is 4.79 Å². The summed E-state index contributed by atoms with van der Waals surface area (Å²) in [6.07, 6.45) is 4.45. The molecule has 0 bridgehead atoms. The summed E-state index contributed by atoms with van der Waals surface area (Å²) < 4.78 is 1.41. The first-order chi connectivity index (χ1) is 7.18. The molecule has 0 unspecified atom stereocenters. The van der Waals surface area contributed by atoms with Crippen molar-refractivity contribution in [1.29, 1.82) is 0 Å². The van der Waals surface area contributed by atoms with Gasteiger partial charge in [-0.15, -0.1) is 0 Å². The zero-order valence-electron chi connectivity index (χ0n) is 7.79. The van der Waals surface area contributed by atoms with E-state index in [9.17, 15) is 4.79 Å². The maximum Gasteiger partial charge on any atom is 0.251 e. The number of hydrogen-bond donors (Lipinski definition) is 2. The van der Waals surface area contributed by atoms with Gasteiger partial charge in [0.05, 0.1) is 17.4 Å². The van der Waals surface area contributed by atoms with Gasteiger partial charge in [0.1, 0.15) is 0 Å². The van der Waals surface area contributed by atoms with Crippen molar-refractivity contribution in [2.45, 2.75) is 0 Å². The number of carbonyl (C=O) groups excluding carboxylic acids is 1. The second-order valence-electron chi connectivity index (χ2n) is 2.95. The molecule has 76 valence electrons. The fourth-order valence-electron chi connectivity index (χ4n) is 1.17. The van der Waals surface area contributed by atoms with Crippen LogP contribution in [0.15, 0.2) is 30.7 Å². The van der Waals surface area contributed by atoms with Gasteiger partial charge in [0.2, 0.25) is 0 Å². The van der Waals surface area contributed by atoms with E-state index in [1.54, 1.807) is 18.3 Å². The molecule has 2 aromatic rings. The molecule has 2 rings (SSSR count). The molecule has 0 aliphatic carbocycles. The minimum absolute atomic E-state index is 0.319. The average Bonchev–Trinajstić information content (AvgIpc) is 2.67. The number of amides is 1. The molecule has 0 aliphatic rings. The van der Waals surface area contributed by atoms with Crippen LogP contribution in [-0.4, -0.2) is 20.7 Å². The quantitative estimate of drug-likeness (QED) is 0.714. The second-order valence-corrected chi connectivity index (χ2v) is 2.95. The molecule has 2 aromatic heterocycles. The largest absolute Gasteiger partial charge is 0.396 e. The Kier molecular flexibility index (Phi) is 2.09. The molecular weight excluding hydrogens is 194 g/mol. The first-order valence-electron chi connectivity index (χ1n) is 4.24.